The first-order valence-electron chi connectivity index (χ1n) is 8.07. The van der Waals surface area contributed by atoms with Crippen LogP contribution in [-0.2, 0) is 15.8 Å². The fourth-order valence-corrected chi connectivity index (χ4v) is 5.72. The Bertz CT molecular complexity index is 1030. The fraction of sp³-hybridized carbons (Fsp3) is 0.222. The van der Waals surface area contributed by atoms with Gasteiger partial charge in [-0.3, -0.25) is 4.72 Å². The molecule has 2 aromatic carbocycles. The third kappa shape index (κ3) is 4.79. The van der Waals surface area contributed by atoms with Crippen molar-refractivity contribution in [2.45, 2.75) is 28.8 Å². The summed E-state index contributed by atoms with van der Waals surface area (Å²) in [6.45, 7) is 3.54. The van der Waals surface area contributed by atoms with Crippen molar-refractivity contribution >= 4 is 38.3 Å². The van der Waals surface area contributed by atoms with Crippen molar-refractivity contribution in [2.24, 2.45) is 0 Å². The van der Waals surface area contributed by atoms with Gasteiger partial charge in [0.2, 0.25) is 5.13 Å². The number of thioether (sulfide) groups is 1. The van der Waals surface area contributed by atoms with E-state index in [0.717, 1.165) is 11.3 Å². The number of anilines is 1. The van der Waals surface area contributed by atoms with Gasteiger partial charge < -0.3 is 4.74 Å². The van der Waals surface area contributed by atoms with Crippen molar-refractivity contribution in [1.82, 2.24) is 10.2 Å². The molecule has 9 heteroatoms. The minimum Gasteiger partial charge on any atom is -0.496 e. The fourth-order valence-electron chi connectivity index (χ4n) is 2.47. The van der Waals surface area contributed by atoms with E-state index in [1.807, 2.05) is 30.3 Å². The number of benzene rings is 2. The van der Waals surface area contributed by atoms with Crippen LogP contribution < -0.4 is 9.46 Å². The van der Waals surface area contributed by atoms with Crippen LogP contribution in [0.2, 0.25) is 0 Å². The summed E-state index contributed by atoms with van der Waals surface area (Å²) in [5.41, 5.74) is 2.53. The molecular formula is C18H19N3O3S3. The van der Waals surface area contributed by atoms with E-state index in [1.54, 1.807) is 33.1 Å². The summed E-state index contributed by atoms with van der Waals surface area (Å²) in [4.78, 5) is 0.203. The molecule has 6 nitrogen and oxygen atoms in total. The Morgan fingerprint density at radius 2 is 1.85 bits per heavy atom. The van der Waals surface area contributed by atoms with Gasteiger partial charge in [-0.05, 0) is 42.7 Å². The van der Waals surface area contributed by atoms with Crippen molar-refractivity contribution < 1.29 is 13.2 Å². The number of hydrogen-bond acceptors (Lipinski definition) is 7. The Hall–Kier alpha value is -2.10. The summed E-state index contributed by atoms with van der Waals surface area (Å²) in [7, 11) is -2.19. The van der Waals surface area contributed by atoms with Gasteiger partial charge >= 0.3 is 0 Å². The van der Waals surface area contributed by atoms with Gasteiger partial charge in [-0.15, -0.1) is 10.2 Å². The number of rotatable bonds is 7. The van der Waals surface area contributed by atoms with Crippen molar-refractivity contribution in [3.63, 3.8) is 0 Å². The molecule has 0 fully saturated rings. The lowest BCUT2D eigenvalue weighted by Gasteiger charge is -2.12. The summed E-state index contributed by atoms with van der Waals surface area (Å²) in [5, 5.41) is 8.27. The molecule has 0 atom stereocenters. The Labute approximate surface area is 167 Å². The van der Waals surface area contributed by atoms with Crippen molar-refractivity contribution in [2.75, 3.05) is 11.8 Å². The third-order valence-corrected chi connectivity index (χ3v) is 7.47. The van der Waals surface area contributed by atoms with Crippen LogP contribution in [0.5, 0.6) is 5.75 Å². The van der Waals surface area contributed by atoms with Crippen LogP contribution in [0.4, 0.5) is 5.13 Å². The Morgan fingerprint density at radius 1 is 1.11 bits per heavy atom. The highest BCUT2D eigenvalue weighted by atomic mass is 32.2. The van der Waals surface area contributed by atoms with Gasteiger partial charge in [0.1, 0.15) is 5.75 Å². The number of nitrogens with zero attached hydrogens (tertiary/aromatic N) is 2. The van der Waals surface area contributed by atoms with Gasteiger partial charge in [0.05, 0.1) is 12.0 Å². The van der Waals surface area contributed by atoms with E-state index in [2.05, 4.69) is 14.9 Å². The Balaban J connectivity index is 1.73. The molecule has 0 saturated heterocycles. The zero-order valence-corrected chi connectivity index (χ0v) is 17.5. The molecule has 0 aliphatic rings. The maximum absolute atomic E-state index is 12.7. The number of methoxy groups -OCH3 is 1. The molecule has 1 N–H and O–H groups in total. The van der Waals surface area contributed by atoms with Crippen molar-refractivity contribution in [1.29, 1.82) is 0 Å². The van der Waals surface area contributed by atoms with Crippen LogP contribution in [0.3, 0.4) is 0 Å². The first-order chi connectivity index (χ1) is 12.9. The number of ether oxygens (including phenoxy) is 1. The first kappa shape index (κ1) is 19.7. The molecule has 0 aliphatic heterocycles. The molecule has 1 aromatic heterocycles. The van der Waals surface area contributed by atoms with E-state index >= 15 is 0 Å². The molecule has 0 aliphatic carbocycles. The lowest BCUT2D eigenvalue weighted by Crippen LogP contribution is -2.14. The molecule has 0 bridgehead atoms. The topological polar surface area (TPSA) is 81.2 Å². The summed E-state index contributed by atoms with van der Waals surface area (Å²) >= 11 is 2.74. The quantitative estimate of drug-likeness (QED) is 0.574. The number of sulfonamides is 1. The number of hydrogen-bond donors (Lipinski definition) is 1. The minimum atomic E-state index is -3.75. The molecule has 0 amide bonds. The summed E-state index contributed by atoms with van der Waals surface area (Å²) in [6.07, 6.45) is 0. The van der Waals surface area contributed by atoms with Crippen LogP contribution in [0, 0.1) is 13.8 Å². The van der Waals surface area contributed by atoms with Crippen LogP contribution >= 0.6 is 23.1 Å². The lowest BCUT2D eigenvalue weighted by atomic mass is 10.1. The number of aromatic nitrogens is 2. The maximum Gasteiger partial charge on any atom is 0.263 e. The van der Waals surface area contributed by atoms with E-state index in [0.29, 0.717) is 15.7 Å². The van der Waals surface area contributed by atoms with Crippen LogP contribution in [0.1, 0.15) is 16.7 Å². The molecule has 3 rings (SSSR count). The van der Waals surface area contributed by atoms with Crippen molar-refractivity contribution in [3.05, 3.63) is 59.2 Å². The van der Waals surface area contributed by atoms with Crippen molar-refractivity contribution in [3.8, 4) is 5.75 Å². The SMILES string of the molecule is COc1cc(C)c(S(=O)(=O)Nc2nnc(SCc3ccccc3)s2)cc1C. The van der Waals surface area contributed by atoms with E-state index in [4.69, 9.17) is 4.74 Å². The van der Waals surface area contributed by atoms with E-state index in [1.165, 1.54) is 28.7 Å². The normalized spacial score (nSPS) is 11.4. The second-order valence-corrected chi connectivity index (χ2v) is 9.69. The molecule has 1 heterocycles. The molecule has 0 saturated carbocycles. The van der Waals surface area contributed by atoms with Gasteiger partial charge in [0, 0.05) is 5.75 Å². The molecule has 142 valence electrons. The predicted octanol–water partition coefficient (Wildman–Crippen LogP) is 4.26. The maximum atomic E-state index is 12.7. The van der Waals surface area contributed by atoms with Gasteiger partial charge in [-0.2, -0.15) is 0 Å². The van der Waals surface area contributed by atoms with Gasteiger partial charge in [0.15, 0.2) is 4.34 Å². The van der Waals surface area contributed by atoms with Gasteiger partial charge in [0.25, 0.3) is 10.0 Å². The minimum absolute atomic E-state index is 0.203. The van der Waals surface area contributed by atoms with Crippen LogP contribution in [0.15, 0.2) is 51.7 Å². The molecule has 0 radical (unpaired) electrons. The zero-order valence-electron chi connectivity index (χ0n) is 15.1. The highest BCUT2D eigenvalue weighted by Gasteiger charge is 2.21. The van der Waals surface area contributed by atoms with Gasteiger partial charge in [-0.25, -0.2) is 8.42 Å². The third-order valence-electron chi connectivity index (χ3n) is 3.82. The second kappa shape index (κ2) is 8.28. The molecular weight excluding hydrogens is 402 g/mol. The summed E-state index contributed by atoms with van der Waals surface area (Å²) in [6, 6.07) is 13.3. The monoisotopic (exact) mass is 421 g/mol. The van der Waals surface area contributed by atoms with E-state index in [9.17, 15) is 8.42 Å². The second-order valence-electron chi connectivity index (χ2n) is 5.84. The summed E-state index contributed by atoms with van der Waals surface area (Å²) in [5.74, 6) is 1.40. The number of aryl methyl sites for hydroxylation is 2. The van der Waals surface area contributed by atoms with E-state index < -0.39 is 10.0 Å². The average Bonchev–Trinajstić information content (AvgIpc) is 3.09. The standard InChI is InChI=1S/C18H19N3O3S3/c1-12-10-16(13(2)9-15(12)24-3)27(22,23)21-17-19-20-18(26-17)25-11-14-7-5-4-6-8-14/h4-10H,11H2,1-3H3,(H,19,21). The Morgan fingerprint density at radius 3 is 2.56 bits per heavy atom. The zero-order chi connectivity index (χ0) is 19.4. The summed E-state index contributed by atoms with van der Waals surface area (Å²) < 4.78 is 34.0. The van der Waals surface area contributed by atoms with Crippen LogP contribution in [-0.4, -0.2) is 25.7 Å². The average molecular weight is 422 g/mol. The molecule has 27 heavy (non-hydrogen) atoms. The van der Waals surface area contributed by atoms with E-state index in [-0.39, 0.29) is 10.0 Å². The largest absolute Gasteiger partial charge is 0.496 e. The van der Waals surface area contributed by atoms with Gasteiger partial charge in [-0.1, -0.05) is 53.4 Å². The molecule has 0 spiro atoms. The highest BCUT2D eigenvalue weighted by molar-refractivity contribution is 8.00. The highest BCUT2D eigenvalue weighted by Crippen LogP contribution is 2.31. The first-order valence-corrected chi connectivity index (χ1v) is 11.4. The number of nitrogens with one attached hydrogen (secondary N) is 1. The smallest absolute Gasteiger partial charge is 0.263 e. The predicted molar refractivity (Wildman–Crippen MR) is 109 cm³/mol. The molecule has 0 unspecified atom stereocenters. The Kier molecular flexibility index (Phi) is 6.03. The lowest BCUT2D eigenvalue weighted by molar-refractivity contribution is 0.411. The molecule has 3 aromatic rings. The van der Waals surface area contributed by atoms with Crippen LogP contribution in [0.25, 0.3) is 0 Å².